The van der Waals surface area contributed by atoms with Crippen molar-refractivity contribution in [2.75, 3.05) is 6.61 Å². The molecule has 0 radical (unpaired) electrons. The van der Waals surface area contributed by atoms with E-state index in [4.69, 9.17) is 4.74 Å². The summed E-state index contributed by atoms with van der Waals surface area (Å²) < 4.78 is 5.19. The maximum absolute atomic E-state index is 12.2. The molecule has 0 heterocycles. The van der Waals surface area contributed by atoms with Crippen LogP contribution in [-0.2, 0) is 14.9 Å². The molecule has 0 spiro atoms. The molecule has 2 rings (SSSR count). The van der Waals surface area contributed by atoms with Gasteiger partial charge in [-0.05, 0) is 23.6 Å². The van der Waals surface area contributed by atoms with Gasteiger partial charge < -0.3 is 9.84 Å². The molecule has 2 aromatic carbocycles. The second-order valence-electron chi connectivity index (χ2n) is 6.31. The molecule has 2 aromatic rings. The number of hydrogen-bond acceptors (Lipinski definition) is 3. The number of phenols is 1. The highest BCUT2D eigenvalue weighted by Crippen LogP contribution is 2.39. The highest BCUT2D eigenvalue weighted by atomic mass is 16.5. The molecule has 0 unspecified atom stereocenters. The van der Waals surface area contributed by atoms with Crippen LogP contribution in [0.25, 0.3) is 5.57 Å². The monoisotopic (exact) mass is 324 g/mol. The Morgan fingerprint density at radius 1 is 1.12 bits per heavy atom. The van der Waals surface area contributed by atoms with Gasteiger partial charge in [0.05, 0.1) is 12.2 Å². The molecule has 1 N–H and O–H groups in total. The molecular formula is C21H24O3. The van der Waals surface area contributed by atoms with Gasteiger partial charge in [-0.3, -0.25) is 0 Å². The van der Waals surface area contributed by atoms with E-state index in [0.29, 0.717) is 12.2 Å². The summed E-state index contributed by atoms with van der Waals surface area (Å²) in [6.07, 6.45) is 0.738. The standard InChI is InChI=1S/C21H24O3/c1-5-14-24-20(23)15(2)19-17(12-9-13-18(19)22)21(3,4)16-10-7-6-8-11-16/h6-13,22H,2,5,14H2,1,3-4H3. The topological polar surface area (TPSA) is 46.5 Å². The zero-order valence-electron chi connectivity index (χ0n) is 14.5. The van der Waals surface area contributed by atoms with Crippen molar-refractivity contribution in [2.24, 2.45) is 0 Å². The van der Waals surface area contributed by atoms with Gasteiger partial charge >= 0.3 is 5.97 Å². The highest BCUT2D eigenvalue weighted by Gasteiger charge is 2.29. The maximum atomic E-state index is 12.2. The lowest BCUT2D eigenvalue weighted by Gasteiger charge is -2.29. The van der Waals surface area contributed by atoms with Crippen molar-refractivity contribution >= 4 is 11.5 Å². The van der Waals surface area contributed by atoms with Gasteiger partial charge in [-0.1, -0.05) is 69.8 Å². The van der Waals surface area contributed by atoms with E-state index in [1.54, 1.807) is 12.1 Å². The summed E-state index contributed by atoms with van der Waals surface area (Å²) in [6, 6.07) is 15.2. The molecule has 0 aliphatic rings. The zero-order chi connectivity index (χ0) is 17.7. The van der Waals surface area contributed by atoms with Crippen molar-refractivity contribution in [3.63, 3.8) is 0 Å². The number of esters is 1. The minimum atomic E-state index is -0.497. The summed E-state index contributed by atoms with van der Waals surface area (Å²) in [4.78, 5) is 12.2. The Morgan fingerprint density at radius 2 is 1.79 bits per heavy atom. The zero-order valence-corrected chi connectivity index (χ0v) is 14.5. The fraction of sp³-hybridized carbons (Fsp3) is 0.286. The molecule has 0 atom stereocenters. The fourth-order valence-corrected chi connectivity index (χ4v) is 2.77. The van der Waals surface area contributed by atoms with Crippen LogP contribution in [0.1, 0.15) is 43.9 Å². The molecule has 0 fully saturated rings. The van der Waals surface area contributed by atoms with Crippen LogP contribution in [0.5, 0.6) is 5.75 Å². The lowest BCUT2D eigenvalue weighted by atomic mass is 9.75. The SMILES string of the molecule is C=C(C(=O)OCCC)c1c(O)cccc1C(C)(C)c1ccccc1. The number of hydrogen-bond donors (Lipinski definition) is 1. The largest absolute Gasteiger partial charge is 0.507 e. The second kappa shape index (κ2) is 7.35. The molecule has 0 bridgehead atoms. The van der Waals surface area contributed by atoms with Gasteiger partial charge in [0.1, 0.15) is 5.75 Å². The van der Waals surface area contributed by atoms with Gasteiger partial charge in [-0.25, -0.2) is 4.79 Å². The van der Waals surface area contributed by atoms with E-state index in [0.717, 1.165) is 17.5 Å². The van der Waals surface area contributed by atoms with E-state index in [2.05, 4.69) is 20.4 Å². The molecule has 0 amide bonds. The van der Waals surface area contributed by atoms with E-state index in [9.17, 15) is 9.90 Å². The van der Waals surface area contributed by atoms with Crippen LogP contribution < -0.4 is 0 Å². The fourth-order valence-electron chi connectivity index (χ4n) is 2.77. The van der Waals surface area contributed by atoms with Crippen LogP contribution in [0.3, 0.4) is 0 Å². The van der Waals surface area contributed by atoms with Crippen LogP contribution in [0, 0.1) is 0 Å². The first kappa shape index (κ1) is 17.8. The Hall–Kier alpha value is -2.55. The molecule has 0 aliphatic heterocycles. The predicted molar refractivity (Wildman–Crippen MR) is 97.0 cm³/mol. The van der Waals surface area contributed by atoms with Crippen LogP contribution in [0.15, 0.2) is 55.1 Å². The van der Waals surface area contributed by atoms with Crippen molar-refractivity contribution in [1.82, 2.24) is 0 Å². The summed E-state index contributed by atoms with van der Waals surface area (Å²) in [7, 11) is 0. The summed E-state index contributed by atoms with van der Waals surface area (Å²) in [5.41, 5.74) is 2.16. The lowest BCUT2D eigenvalue weighted by Crippen LogP contribution is -2.22. The third-order valence-corrected chi connectivity index (χ3v) is 4.20. The quantitative estimate of drug-likeness (QED) is 0.619. The van der Waals surface area contributed by atoms with Crippen molar-refractivity contribution in [2.45, 2.75) is 32.6 Å². The number of aromatic hydroxyl groups is 1. The molecule has 3 heteroatoms. The number of ether oxygens (including phenoxy) is 1. The van der Waals surface area contributed by atoms with Crippen molar-refractivity contribution in [1.29, 1.82) is 0 Å². The highest BCUT2D eigenvalue weighted by molar-refractivity contribution is 6.17. The average molecular weight is 324 g/mol. The normalized spacial score (nSPS) is 11.1. The number of rotatable bonds is 6. The minimum Gasteiger partial charge on any atom is -0.507 e. The Morgan fingerprint density at radius 3 is 2.42 bits per heavy atom. The number of phenolic OH excluding ortho intramolecular Hbond substituents is 1. The molecule has 3 nitrogen and oxygen atoms in total. The summed E-state index contributed by atoms with van der Waals surface area (Å²) in [5.74, 6) is -0.460. The Labute approximate surface area is 143 Å². The Kier molecular flexibility index (Phi) is 5.45. The first-order valence-corrected chi connectivity index (χ1v) is 8.14. The molecule has 0 saturated carbocycles. The van der Waals surface area contributed by atoms with Crippen LogP contribution in [0.4, 0.5) is 0 Å². The Bertz CT molecular complexity index is 730. The van der Waals surface area contributed by atoms with E-state index in [1.165, 1.54) is 0 Å². The van der Waals surface area contributed by atoms with Crippen LogP contribution in [0.2, 0.25) is 0 Å². The molecular weight excluding hydrogens is 300 g/mol. The smallest absolute Gasteiger partial charge is 0.338 e. The molecule has 0 aliphatic carbocycles. The maximum Gasteiger partial charge on any atom is 0.338 e. The third kappa shape index (κ3) is 3.51. The van der Waals surface area contributed by atoms with E-state index < -0.39 is 11.4 Å². The second-order valence-corrected chi connectivity index (χ2v) is 6.31. The number of benzene rings is 2. The van der Waals surface area contributed by atoms with E-state index >= 15 is 0 Å². The summed E-state index contributed by atoms with van der Waals surface area (Å²) in [6.45, 7) is 10.3. The van der Waals surface area contributed by atoms with Gasteiger partial charge in [-0.15, -0.1) is 0 Å². The van der Waals surface area contributed by atoms with Gasteiger partial charge in [0.25, 0.3) is 0 Å². The van der Waals surface area contributed by atoms with Crippen molar-refractivity contribution in [3.8, 4) is 5.75 Å². The molecule has 126 valence electrons. The first-order chi connectivity index (χ1) is 11.4. The Balaban J connectivity index is 2.51. The lowest BCUT2D eigenvalue weighted by molar-refractivity contribution is -0.136. The van der Waals surface area contributed by atoms with E-state index in [1.807, 2.05) is 43.3 Å². The summed E-state index contributed by atoms with van der Waals surface area (Å²) >= 11 is 0. The van der Waals surface area contributed by atoms with Crippen molar-refractivity contribution in [3.05, 3.63) is 71.8 Å². The third-order valence-electron chi connectivity index (χ3n) is 4.20. The van der Waals surface area contributed by atoms with Crippen LogP contribution >= 0.6 is 0 Å². The van der Waals surface area contributed by atoms with Gasteiger partial charge in [0.15, 0.2) is 0 Å². The van der Waals surface area contributed by atoms with Gasteiger partial charge in [0, 0.05) is 11.0 Å². The van der Waals surface area contributed by atoms with Crippen LogP contribution in [-0.4, -0.2) is 17.7 Å². The molecule has 0 aromatic heterocycles. The minimum absolute atomic E-state index is 0.0370. The van der Waals surface area contributed by atoms with E-state index in [-0.39, 0.29) is 11.3 Å². The number of carbonyl (C=O) groups excluding carboxylic acids is 1. The first-order valence-electron chi connectivity index (χ1n) is 8.14. The summed E-state index contributed by atoms with van der Waals surface area (Å²) in [5, 5.41) is 10.4. The molecule has 0 saturated heterocycles. The average Bonchev–Trinajstić information content (AvgIpc) is 2.59. The molecule has 24 heavy (non-hydrogen) atoms. The predicted octanol–water partition coefficient (Wildman–Crippen LogP) is 4.68. The van der Waals surface area contributed by atoms with Gasteiger partial charge in [0.2, 0.25) is 0 Å². The van der Waals surface area contributed by atoms with Crippen molar-refractivity contribution < 1.29 is 14.6 Å². The van der Waals surface area contributed by atoms with Gasteiger partial charge in [-0.2, -0.15) is 0 Å². The number of carbonyl (C=O) groups is 1.